The van der Waals surface area contributed by atoms with Gasteiger partial charge in [-0.25, -0.2) is 0 Å². The second-order valence-corrected chi connectivity index (χ2v) is 0.971. The van der Waals surface area contributed by atoms with Crippen LogP contribution in [-0.4, -0.2) is 9.97 Å². The summed E-state index contributed by atoms with van der Waals surface area (Å²) in [5, 5.41) is 8.36. The average molecular weight is 82.1 g/mol. The fourth-order valence-electron chi connectivity index (χ4n) is 0.283. The van der Waals surface area contributed by atoms with Crippen molar-refractivity contribution in [2.75, 3.05) is 0 Å². The average Bonchev–Trinajstić information content (AvgIpc) is 1.86. The molecule has 0 saturated carbocycles. The van der Waals surface area contributed by atoms with Gasteiger partial charge in [0.15, 0.2) is 0 Å². The molecule has 0 spiro atoms. The van der Waals surface area contributed by atoms with Gasteiger partial charge in [0.05, 0.1) is 0 Å². The number of H-pyrrole nitrogens is 2. The number of nitrogens with zero attached hydrogens (tertiary/aromatic N) is 1. The summed E-state index contributed by atoms with van der Waals surface area (Å²) < 4.78 is 0. The van der Waals surface area contributed by atoms with Crippen LogP contribution in [0.15, 0.2) is 12.4 Å². The molecule has 0 unspecified atom stereocenters. The SMILES string of the molecule is [N]=c1[nH]cc[nH]1. The van der Waals surface area contributed by atoms with Crippen LogP contribution in [0, 0.1) is 0 Å². The van der Waals surface area contributed by atoms with Gasteiger partial charge in [-0.2, -0.15) is 0 Å². The second kappa shape index (κ2) is 1.01. The van der Waals surface area contributed by atoms with Gasteiger partial charge in [0, 0.05) is 12.4 Å². The standard InChI is InChI=1S/C3H4N3/c4-3-5-1-2-6-3/h1-2,5-6H. The van der Waals surface area contributed by atoms with Crippen molar-refractivity contribution in [1.82, 2.24) is 15.4 Å². The van der Waals surface area contributed by atoms with Gasteiger partial charge in [0.25, 0.3) is 0 Å². The van der Waals surface area contributed by atoms with Gasteiger partial charge in [-0.15, -0.1) is 5.41 Å². The van der Waals surface area contributed by atoms with Crippen molar-refractivity contribution in [2.24, 2.45) is 0 Å². The summed E-state index contributed by atoms with van der Waals surface area (Å²) in [4.78, 5) is 5.00. The quantitative estimate of drug-likeness (QED) is 0.405. The first-order valence-electron chi connectivity index (χ1n) is 1.63. The lowest BCUT2D eigenvalue weighted by Crippen LogP contribution is -2.03. The van der Waals surface area contributed by atoms with Crippen LogP contribution in [0.25, 0.3) is 0 Å². The normalized spacial score (nSPS) is 8.67. The van der Waals surface area contributed by atoms with E-state index in [1.54, 1.807) is 12.4 Å². The minimum Gasteiger partial charge on any atom is -0.330 e. The van der Waals surface area contributed by atoms with Crippen LogP contribution in [0.1, 0.15) is 0 Å². The highest BCUT2D eigenvalue weighted by Crippen LogP contribution is 1.53. The fraction of sp³-hybridized carbons (Fsp3) is 0. The van der Waals surface area contributed by atoms with Gasteiger partial charge in [0.2, 0.25) is 5.62 Å². The van der Waals surface area contributed by atoms with Crippen LogP contribution in [0.2, 0.25) is 0 Å². The van der Waals surface area contributed by atoms with E-state index in [9.17, 15) is 0 Å². The van der Waals surface area contributed by atoms with Crippen LogP contribution in [-0.2, 0) is 0 Å². The van der Waals surface area contributed by atoms with E-state index >= 15 is 0 Å². The molecule has 2 N–H and O–H groups in total. The molecule has 0 amide bonds. The molecule has 0 aliphatic rings. The van der Waals surface area contributed by atoms with Crippen LogP contribution in [0.5, 0.6) is 0 Å². The van der Waals surface area contributed by atoms with Crippen molar-refractivity contribution in [3.05, 3.63) is 18.0 Å². The Bertz CT molecular complexity index is 144. The van der Waals surface area contributed by atoms with Crippen LogP contribution >= 0.6 is 0 Å². The lowest BCUT2D eigenvalue weighted by atomic mass is 11.0. The lowest BCUT2D eigenvalue weighted by Gasteiger charge is -1.55. The third-order valence-electron chi connectivity index (χ3n) is 0.523. The molecule has 1 aromatic rings. The Morgan fingerprint density at radius 1 is 1.33 bits per heavy atom. The first-order chi connectivity index (χ1) is 2.89. The Hall–Kier alpha value is -0.990. The molecule has 3 nitrogen and oxygen atoms in total. The molecular weight excluding hydrogens is 78.1 g/mol. The third kappa shape index (κ3) is 0.337. The molecular formula is C3H4N3. The maximum absolute atomic E-state index is 8.36. The van der Waals surface area contributed by atoms with E-state index in [4.69, 9.17) is 5.41 Å². The summed E-state index contributed by atoms with van der Waals surface area (Å²) in [6, 6.07) is 0. The topological polar surface area (TPSA) is 53.9 Å². The van der Waals surface area contributed by atoms with Crippen molar-refractivity contribution >= 4 is 0 Å². The molecule has 0 atom stereocenters. The summed E-state index contributed by atoms with van der Waals surface area (Å²) in [7, 11) is 0. The van der Waals surface area contributed by atoms with Crippen molar-refractivity contribution in [3.8, 4) is 0 Å². The number of imidazole rings is 1. The zero-order chi connectivity index (χ0) is 4.41. The number of hydrogen-bond acceptors (Lipinski definition) is 0. The molecule has 0 bridgehead atoms. The van der Waals surface area contributed by atoms with Crippen molar-refractivity contribution in [3.63, 3.8) is 0 Å². The smallest absolute Gasteiger partial charge is 0.224 e. The molecule has 0 aliphatic heterocycles. The molecule has 0 saturated heterocycles. The Kier molecular flexibility index (Phi) is 0.538. The minimum absolute atomic E-state index is 0.0926. The van der Waals surface area contributed by atoms with E-state index < -0.39 is 0 Å². The first-order valence-corrected chi connectivity index (χ1v) is 1.63. The van der Waals surface area contributed by atoms with Crippen LogP contribution in [0.3, 0.4) is 0 Å². The van der Waals surface area contributed by atoms with Gasteiger partial charge in [0.1, 0.15) is 0 Å². The van der Waals surface area contributed by atoms with Crippen molar-refractivity contribution in [1.29, 1.82) is 0 Å². The van der Waals surface area contributed by atoms with Crippen molar-refractivity contribution in [2.45, 2.75) is 0 Å². The van der Waals surface area contributed by atoms with Gasteiger partial charge in [-0.05, 0) is 0 Å². The maximum atomic E-state index is 8.36. The van der Waals surface area contributed by atoms with Gasteiger partial charge < -0.3 is 9.97 Å². The van der Waals surface area contributed by atoms with E-state index in [0.717, 1.165) is 0 Å². The summed E-state index contributed by atoms with van der Waals surface area (Å²) in [6.45, 7) is 0. The van der Waals surface area contributed by atoms with E-state index in [0.29, 0.717) is 0 Å². The predicted molar refractivity (Wildman–Crippen MR) is 20.4 cm³/mol. The van der Waals surface area contributed by atoms with Gasteiger partial charge in [-0.1, -0.05) is 0 Å². The summed E-state index contributed by atoms with van der Waals surface area (Å²) in [5.74, 6) is 0. The first kappa shape index (κ1) is 3.21. The Morgan fingerprint density at radius 2 is 1.83 bits per heavy atom. The molecule has 1 aromatic heterocycles. The number of nitrogens with one attached hydrogen (secondary N) is 2. The molecule has 0 aromatic carbocycles. The largest absolute Gasteiger partial charge is 0.330 e. The lowest BCUT2D eigenvalue weighted by molar-refractivity contribution is 1.11. The van der Waals surface area contributed by atoms with Crippen LogP contribution < -0.4 is 11.0 Å². The zero-order valence-electron chi connectivity index (χ0n) is 3.10. The summed E-state index contributed by atoms with van der Waals surface area (Å²) in [6.07, 6.45) is 3.21. The highest BCUT2D eigenvalue weighted by Gasteiger charge is 1.66. The molecule has 1 radical (unpaired) electrons. The van der Waals surface area contributed by atoms with E-state index in [-0.39, 0.29) is 5.62 Å². The summed E-state index contributed by atoms with van der Waals surface area (Å²) in [5.41, 5.74) is 0.0926. The fourth-order valence-corrected chi connectivity index (χ4v) is 0.283. The highest BCUT2D eigenvalue weighted by molar-refractivity contribution is 4.64. The summed E-state index contributed by atoms with van der Waals surface area (Å²) >= 11 is 0. The zero-order valence-corrected chi connectivity index (χ0v) is 3.10. The third-order valence-corrected chi connectivity index (χ3v) is 0.523. The van der Waals surface area contributed by atoms with Crippen LogP contribution in [0.4, 0.5) is 0 Å². The molecule has 1 rings (SSSR count). The Labute approximate surface area is 34.5 Å². The Balaban J connectivity index is 3.41. The van der Waals surface area contributed by atoms with E-state index in [1.807, 2.05) is 0 Å². The second-order valence-electron chi connectivity index (χ2n) is 0.971. The van der Waals surface area contributed by atoms with Gasteiger partial charge in [-0.3, -0.25) is 0 Å². The number of hydrogen-bond donors (Lipinski definition) is 2. The number of aromatic nitrogens is 2. The maximum Gasteiger partial charge on any atom is 0.224 e. The monoisotopic (exact) mass is 82.0 g/mol. The van der Waals surface area contributed by atoms with E-state index in [1.165, 1.54) is 0 Å². The van der Waals surface area contributed by atoms with Gasteiger partial charge >= 0.3 is 0 Å². The molecule has 31 valence electrons. The number of rotatable bonds is 0. The molecule has 1 heterocycles. The van der Waals surface area contributed by atoms with E-state index in [2.05, 4.69) is 9.97 Å². The molecule has 3 heteroatoms. The van der Waals surface area contributed by atoms with Crippen molar-refractivity contribution < 1.29 is 0 Å². The molecule has 0 fully saturated rings. The Morgan fingerprint density at radius 3 is 2.00 bits per heavy atom. The minimum atomic E-state index is 0.0926. The number of aromatic amines is 2. The predicted octanol–water partition coefficient (Wildman–Crippen LogP) is -0.956. The highest BCUT2D eigenvalue weighted by atomic mass is 14.9. The molecule has 6 heavy (non-hydrogen) atoms. The molecule has 0 aliphatic carbocycles.